The van der Waals surface area contributed by atoms with Crippen molar-refractivity contribution < 1.29 is 5.11 Å². The quantitative estimate of drug-likeness (QED) is 0.583. The number of aliphatic hydroxyl groups is 1. The Morgan fingerprint density at radius 2 is 1.80 bits per heavy atom. The van der Waals surface area contributed by atoms with Crippen LogP contribution in [0.25, 0.3) is 0 Å². The van der Waals surface area contributed by atoms with Gasteiger partial charge in [-0.3, -0.25) is 0 Å². The van der Waals surface area contributed by atoms with E-state index in [9.17, 15) is 5.11 Å². The number of allylic oxidation sites excluding steroid dienone is 2. The summed E-state index contributed by atoms with van der Waals surface area (Å²) in [6.07, 6.45) is 5.76. The Kier molecular flexibility index (Phi) is 3.37. The minimum Gasteiger partial charge on any atom is -0.386 e. The fraction of sp³-hybridized carbons (Fsp3) is 0.556. The number of hydrogen-bond donors (Lipinski definition) is 1. The maximum Gasteiger partial charge on any atom is 0.0837 e. The monoisotopic (exact) mass is 140 g/mol. The van der Waals surface area contributed by atoms with Crippen LogP contribution >= 0.6 is 0 Å². The van der Waals surface area contributed by atoms with Crippen molar-refractivity contribution in [1.29, 1.82) is 0 Å². The molecule has 0 aliphatic rings. The summed E-state index contributed by atoms with van der Waals surface area (Å²) in [7, 11) is 0. The average Bonchev–Trinajstić information content (AvgIpc) is 1.80. The van der Waals surface area contributed by atoms with Crippen molar-refractivity contribution in [3.8, 4) is 0 Å². The van der Waals surface area contributed by atoms with Crippen LogP contribution in [0.4, 0.5) is 0 Å². The van der Waals surface area contributed by atoms with Crippen molar-refractivity contribution in [1.82, 2.24) is 0 Å². The Hall–Kier alpha value is -0.560. The molecule has 10 heavy (non-hydrogen) atoms. The van der Waals surface area contributed by atoms with Gasteiger partial charge in [0.15, 0.2) is 0 Å². The molecule has 0 aliphatic heterocycles. The molecule has 0 fully saturated rings. The fourth-order valence-corrected chi connectivity index (χ4v) is 0.833. The van der Waals surface area contributed by atoms with Crippen molar-refractivity contribution in [2.75, 3.05) is 0 Å². The first-order valence-electron chi connectivity index (χ1n) is 3.54. The molecular weight excluding hydrogens is 124 g/mol. The van der Waals surface area contributed by atoms with Crippen LogP contribution in [0.1, 0.15) is 27.7 Å². The zero-order valence-electron chi connectivity index (χ0n) is 7.18. The van der Waals surface area contributed by atoms with E-state index in [4.69, 9.17) is 0 Å². The van der Waals surface area contributed by atoms with Gasteiger partial charge in [-0.15, -0.1) is 0 Å². The van der Waals surface area contributed by atoms with Gasteiger partial charge in [-0.2, -0.15) is 0 Å². The maximum absolute atomic E-state index is 9.49. The summed E-state index contributed by atoms with van der Waals surface area (Å²) in [5, 5.41) is 9.49. The number of rotatable bonds is 2. The summed E-state index contributed by atoms with van der Waals surface area (Å²) in [4.78, 5) is 0. The molecule has 0 unspecified atom stereocenters. The molecule has 0 aromatic rings. The number of hydrogen-bond acceptors (Lipinski definition) is 1. The van der Waals surface area contributed by atoms with Crippen molar-refractivity contribution in [3.05, 3.63) is 23.8 Å². The Morgan fingerprint density at radius 1 is 1.30 bits per heavy atom. The van der Waals surface area contributed by atoms with E-state index in [0.717, 1.165) is 5.57 Å². The summed E-state index contributed by atoms with van der Waals surface area (Å²) < 4.78 is 0. The van der Waals surface area contributed by atoms with E-state index in [0.29, 0.717) is 0 Å². The highest BCUT2D eigenvalue weighted by Gasteiger charge is 2.14. The first kappa shape index (κ1) is 9.44. The van der Waals surface area contributed by atoms with E-state index in [2.05, 4.69) is 0 Å². The SMILES string of the molecule is C/C=C\C(=C/C)C(C)(C)O. The summed E-state index contributed by atoms with van der Waals surface area (Å²) >= 11 is 0. The lowest BCUT2D eigenvalue weighted by molar-refractivity contribution is 0.123. The van der Waals surface area contributed by atoms with Gasteiger partial charge >= 0.3 is 0 Å². The highest BCUT2D eigenvalue weighted by atomic mass is 16.3. The smallest absolute Gasteiger partial charge is 0.0837 e. The zero-order chi connectivity index (χ0) is 8.20. The molecule has 0 heterocycles. The summed E-state index contributed by atoms with van der Waals surface area (Å²) in [5.74, 6) is 0. The summed E-state index contributed by atoms with van der Waals surface area (Å²) in [6, 6.07) is 0. The third kappa shape index (κ3) is 2.83. The van der Waals surface area contributed by atoms with Gasteiger partial charge in [0.1, 0.15) is 0 Å². The molecule has 0 saturated heterocycles. The van der Waals surface area contributed by atoms with E-state index < -0.39 is 5.60 Å². The molecule has 0 saturated carbocycles. The third-order valence-electron chi connectivity index (χ3n) is 1.36. The predicted octanol–water partition coefficient (Wildman–Crippen LogP) is 2.28. The molecule has 0 rings (SSSR count). The molecule has 0 aromatic carbocycles. The molecule has 0 amide bonds. The van der Waals surface area contributed by atoms with Crippen LogP contribution < -0.4 is 0 Å². The van der Waals surface area contributed by atoms with Gasteiger partial charge in [-0.05, 0) is 33.3 Å². The van der Waals surface area contributed by atoms with Crippen molar-refractivity contribution in [2.24, 2.45) is 0 Å². The molecule has 0 bridgehead atoms. The second kappa shape index (κ2) is 3.57. The first-order chi connectivity index (χ1) is 4.52. The minimum atomic E-state index is -0.707. The Labute approximate surface area is 63.1 Å². The van der Waals surface area contributed by atoms with E-state index in [1.54, 1.807) is 13.8 Å². The van der Waals surface area contributed by atoms with Gasteiger partial charge in [0, 0.05) is 0 Å². The van der Waals surface area contributed by atoms with Crippen LogP contribution in [0.2, 0.25) is 0 Å². The van der Waals surface area contributed by atoms with Gasteiger partial charge in [0.2, 0.25) is 0 Å². The maximum atomic E-state index is 9.49. The first-order valence-corrected chi connectivity index (χ1v) is 3.54. The van der Waals surface area contributed by atoms with Crippen molar-refractivity contribution in [3.63, 3.8) is 0 Å². The second-order valence-electron chi connectivity index (χ2n) is 2.80. The minimum absolute atomic E-state index is 0.707. The molecule has 0 radical (unpaired) electrons. The molecule has 58 valence electrons. The Bertz CT molecular complexity index is 147. The molecule has 0 spiro atoms. The highest BCUT2D eigenvalue weighted by molar-refractivity contribution is 5.25. The van der Waals surface area contributed by atoms with Gasteiger partial charge in [0.05, 0.1) is 5.60 Å². The lowest BCUT2D eigenvalue weighted by Crippen LogP contribution is -2.20. The molecule has 1 heteroatoms. The van der Waals surface area contributed by atoms with E-state index in [1.165, 1.54) is 0 Å². The summed E-state index contributed by atoms with van der Waals surface area (Å²) in [6.45, 7) is 7.42. The van der Waals surface area contributed by atoms with Gasteiger partial charge in [0.25, 0.3) is 0 Å². The third-order valence-corrected chi connectivity index (χ3v) is 1.36. The molecule has 1 nitrogen and oxygen atoms in total. The van der Waals surface area contributed by atoms with Gasteiger partial charge in [-0.1, -0.05) is 18.2 Å². The molecule has 1 N–H and O–H groups in total. The largest absolute Gasteiger partial charge is 0.386 e. The second-order valence-corrected chi connectivity index (χ2v) is 2.80. The fourth-order valence-electron chi connectivity index (χ4n) is 0.833. The van der Waals surface area contributed by atoms with Crippen LogP contribution in [0.15, 0.2) is 23.8 Å². The van der Waals surface area contributed by atoms with Crippen LogP contribution in [-0.2, 0) is 0 Å². The Morgan fingerprint density at radius 3 is 1.90 bits per heavy atom. The summed E-state index contributed by atoms with van der Waals surface area (Å²) in [5.41, 5.74) is 0.247. The highest BCUT2D eigenvalue weighted by Crippen LogP contribution is 2.15. The molecular formula is C9H16O. The van der Waals surface area contributed by atoms with E-state index >= 15 is 0 Å². The topological polar surface area (TPSA) is 20.2 Å². The normalized spacial score (nSPS) is 14.7. The molecule has 0 aliphatic carbocycles. The van der Waals surface area contributed by atoms with Crippen LogP contribution in [-0.4, -0.2) is 10.7 Å². The zero-order valence-corrected chi connectivity index (χ0v) is 7.18. The predicted molar refractivity (Wildman–Crippen MR) is 44.9 cm³/mol. The molecule has 0 atom stereocenters. The van der Waals surface area contributed by atoms with Crippen molar-refractivity contribution in [2.45, 2.75) is 33.3 Å². The van der Waals surface area contributed by atoms with Gasteiger partial charge < -0.3 is 5.11 Å². The lowest BCUT2D eigenvalue weighted by Gasteiger charge is -2.18. The average molecular weight is 140 g/mol. The van der Waals surface area contributed by atoms with E-state index in [-0.39, 0.29) is 0 Å². The van der Waals surface area contributed by atoms with Crippen LogP contribution in [0.5, 0.6) is 0 Å². The van der Waals surface area contributed by atoms with Crippen molar-refractivity contribution >= 4 is 0 Å². The van der Waals surface area contributed by atoms with Crippen LogP contribution in [0.3, 0.4) is 0 Å². The standard InChI is InChI=1S/C9H16O/c1-5-7-8(6-2)9(3,4)10/h5-7,10H,1-4H3/b7-5-,8-6+. The molecule has 0 aromatic heterocycles. The van der Waals surface area contributed by atoms with Crippen LogP contribution in [0, 0.1) is 0 Å². The lowest BCUT2D eigenvalue weighted by atomic mass is 9.98. The van der Waals surface area contributed by atoms with Gasteiger partial charge in [-0.25, -0.2) is 0 Å². The van der Waals surface area contributed by atoms with E-state index in [1.807, 2.05) is 32.1 Å². The Balaban J connectivity index is 4.39.